The average molecular weight is 284 g/mol. The van der Waals surface area contributed by atoms with Crippen molar-refractivity contribution in [1.29, 1.82) is 0 Å². The molecule has 19 heavy (non-hydrogen) atoms. The molecule has 1 heterocycles. The van der Waals surface area contributed by atoms with Gasteiger partial charge in [0.15, 0.2) is 0 Å². The predicted octanol–water partition coefficient (Wildman–Crippen LogP) is 2.14. The van der Waals surface area contributed by atoms with Gasteiger partial charge in [0.1, 0.15) is 6.54 Å². The molecule has 1 aromatic rings. The van der Waals surface area contributed by atoms with E-state index in [1.165, 1.54) is 9.78 Å². The summed E-state index contributed by atoms with van der Waals surface area (Å²) in [4.78, 5) is 27.0. The zero-order chi connectivity index (χ0) is 14.4. The molecular formula is C13H20N2O3S. The molecule has 0 fully saturated rings. The van der Waals surface area contributed by atoms with Gasteiger partial charge in [0, 0.05) is 30.9 Å². The van der Waals surface area contributed by atoms with E-state index in [9.17, 15) is 9.59 Å². The first-order valence-corrected chi connectivity index (χ1v) is 7.09. The molecule has 0 radical (unpaired) electrons. The molecule has 0 aromatic carbocycles. The number of rotatable bonds is 6. The molecule has 1 aromatic heterocycles. The van der Waals surface area contributed by atoms with Crippen LogP contribution in [0.4, 0.5) is 4.79 Å². The Balaban J connectivity index is 2.61. The first kappa shape index (κ1) is 15.5. The second kappa shape index (κ2) is 7.13. The minimum Gasteiger partial charge on any atom is -0.480 e. The number of carbonyl (C=O) groups excluding carboxylic acids is 1. The van der Waals surface area contributed by atoms with Crippen molar-refractivity contribution >= 4 is 23.3 Å². The van der Waals surface area contributed by atoms with Crippen LogP contribution in [0.1, 0.15) is 18.7 Å². The number of urea groups is 1. The van der Waals surface area contributed by atoms with E-state index in [1.54, 1.807) is 30.2 Å². The lowest BCUT2D eigenvalue weighted by Crippen LogP contribution is -2.47. The van der Waals surface area contributed by atoms with Crippen LogP contribution in [0.15, 0.2) is 17.5 Å². The number of amides is 2. The summed E-state index contributed by atoms with van der Waals surface area (Å²) in [5.74, 6) is -0.991. The van der Waals surface area contributed by atoms with Crippen molar-refractivity contribution in [2.24, 2.45) is 0 Å². The minimum absolute atomic E-state index is 0.0361. The lowest BCUT2D eigenvalue weighted by atomic mass is 10.2. The van der Waals surface area contributed by atoms with Crippen LogP contribution in [0.25, 0.3) is 0 Å². The van der Waals surface area contributed by atoms with Gasteiger partial charge in [-0.15, -0.1) is 11.3 Å². The van der Waals surface area contributed by atoms with Gasteiger partial charge in [0.25, 0.3) is 0 Å². The molecule has 1 N–H and O–H groups in total. The second-order valence-corrected chi connectivity index (χ2v) is 5.47. The second-order valence-electron chi connectivity index (χ2n) is 4.43. The third kappa shape index (κ3) is 4.55. The van der Waals surface area contributed by atoms with E-state index < -0.39 is 5.97 Å². The molecule has 0 saturated heterocycles. The maximum absolute atomic E-state index is 12.2. The van der Waals surface area contributed by atoms with Gasteiger partial charge in [-0.1, -0.05) is 6.07 Å². The maximum Gasteiger partial charge on any atom is 0.323 e. The highest BCUT2D eigenvalue weighted by Gasteiger charge is 2.22. The molecule has 0 aliphatic rings. The van der Waals surface area contributed by atoms with Crippen LogP contribution in [0, 0.1) is 0 Å². The lowest BCUT2D eigenvalue weighted by Gasteiger charge is -2.30. The van der Waals surface area contributed by atoms with Gasteiger partial charge < -0.3 is 14.9 Å². The summed E-state index contributed by atoms with van der Waals surface area (Å²) in [6.45, 7) is 3.87. The Hall–Kier alpha value is -1.56. The Bertz CT molecular complexity index is 420. The minimum atomic E-state index is -0.991. The monoisotopic (exact) mass is 284 g/mol. The van der Waals surface area contributed by atoms with Gasteiger partial charge in [-0.05, 0) is 25.3 Å². The molecule has 1 atom stereocenters. The van der Waals surface area contributed by atoms with E-state index in [2.05, 4.69) is 0 Å². The van der Waals surface area contributed by atoms with E-state index in [0.29, 0.717) is 6.54 Å². The van der Waals surface area contributed by atoms with E-state index in [1.807, 2.05) is 24.4 Å². The summed E-state index contributed by atoms with van der Waals surface area (Å²) in [5, 5.41) is 10.8. The van der Waals surface area contributed by atoms with Crippen LogP contribution in [0.3, 0.4) is 0 Å². The Morgan fingerprint density at radius 1 is 1.47 bits per heavy atom. The maximum atomic E-state index is 12.2. The Morgan fingerprint density at radius 3 is 2.63 bits per heavy atom. The van der Waals surface area contributed by atoms with Gasteiger partial charge in [0.2, 0.25) is 0 Å². The van der Waals surface area contributed by atoms with Crippen LogP contribution in [-0.2, 0) is 11.2 Å². The van der Waals surface area contributed by atoms with Gasteiger partial charge >= 0.3 is 12.0 Å². The van der Waals surface area contributed by atoms with Crippen molar-refractivity contribution in [1.82, 2.24) is 9.80 Å². The fourth-order valence-corrected chi connectivity index (χ4v) is 2.57. The molecule has 2 amide bonds. The Labute approximate surface area is 117 Å². The Kier molecular flexibility index (Phi) is 5.82. The number of hydrogen-bond donors (Lipinski definition) is 1. The topological polar surface area (TPSA) is 60.9 Å². The zero-order valence-corrected chi connectivity index (χ0v) is 12.3. The highest BCUT2D eigenvalue weighted by Crippen LogP contribution is 2.14. The number of aliphatic carboxylic acids is 1. The van der Waals surface area contributed by atoms with Crippen LogP contribution < -0.4 is 0 Å². The van der Waals surface area contributed by atoms with Gasteiger partial charge in [-0.3, -0.25) is 4.79 Å². The van der Waals surface area contributed by atoms with Crippen molar-refractivity contribution in [2.45, 2.75) is 26.3 Å². The molecular weight excluding hydrogens is 264 g/mol. The summed E-state index contributed by atoms with van der Waals surface area (Å²) < 4.78 is 0. The first-order chi connectivity index (χ1) is 8.95. The molecule has 0 aliphatic heterocycles. The molecule has 1 unspecified atom stereocenters. The third-order valence-corrected chi connectivity index (χ3v) is 3.92. The fraction of sp³-hybridized carbons (Fsp3) is 0.538. The number of hydrogen-bond acceptors (Lipinski definition) is 3. The van der Waals surface area contributed by atoms with Crippen molar-refractivity contribution in [3.05, 3.63) is 22.4 Å². The fourth-order valence-electron chi connectivity index (χ4n) is 1.75. The molecule has 0 bridgehead atoms. The Morgan fingerprint density at radius 2 is 2.16 bits per heavy atom. The molecule has 0 saturated carbocycles. The van der Waals surface area contributed by atoms with E-state index in [4.69, 9.17) is 5.11 Å². The van der Waals surface area contributed by atoms with Crippen molar-refractivity contribution in [3.8, 4) is 0 Å². The molecule has 0 spiro atoms. The van der Waals surface area contributed by atoms with Crippen LogP contribution in [-0.4, -0.2) is 53.1 Å². The van der Waals surface area contributed by atoms with Gasteiger partial charge in [-0.25, -0.2) is 4.79 Å². The lowest BCUT2D eigenvalue weighted by molar-refractivity contribution is -0.137. The quantitative estimate of drug-likeness (QED) is 0.870. The number of thiophene rings is 1. The normalized spacial score (nSPS) is 11.9. The summed E-state index contributed by atoms with van der Waals surface area (Å²) in [6.07, 6.45) is 0.782. The molecule has 5 nitrogen and oxygen atoms in total. The number of likely N-dealkylation sites (N-methyl/N-ethyl adjacent to an activating group) is 2. The first-order valence-electron chi connectivity index (χ1n) is 6.21. The number of carbonyl (C=O) groups is 2. The van der Waals surface area contributed by atoms with Crippen molar-refractivity contribution in [2.75, 3.05) is 20.1 Å². The van der Waals surface area contributed by atoms with Crippen LogP contribution in [0.2, 0.25) is 0 Å². The molecule has 6 heteroatoms. The summed E-state index contributed by atoms with van der Waals surface area (Å²) in [6, 6.07) is 3.81. The number of nitrogens with zero attached hydrogens (tertiary/aromatic N) is 2. The van der Waals surface area contributed by atoms with Gasteiger partial charge in [-0.2, -0.15) is 0 Å². The van der Waals surface area contributed by atoms with E-state index in [0.717, 1.165) is 6.42 Å². The van der Waals surface area contributed by atoms with Gasteiger partial charge in [0.05, 0.1) is 0 Å². The van der Waals surface area contributed by atoms with E-state index in [-0.39, 0.29) is 18.6 Å². The van der Waals surface area contributed by atoms with E-state index >= 15 is 0 Å². The highest BCUT2D eigenvalue weighted by atomic mass is 32.1. The summed E-state index contributed by atoms with van der Waals surface area (Å²) in [5.41, 5.74) is 0. The smallest absolute Gasteiger partial charge is 0.323 e. The third-order valence-electron chi connectivity index (χ3n) is 3.02. The van der Waals surface area contributed by atoms with Crippen molar-refractivity contribution < 1.29 is 14.7 Å². The van der Waals surface area contributed by atoms with Crippen LogP contribution in [0.5, 0.6) is 0 Å². The van der Waals surface area contributed by atoms with Crippen LogP contribution >= 0.6 is 11.3 Å². The summed E-state index contributed by atoms with van der Waals surface area (Å²) in [7, 11) is 1.71. The van der Waals surface area contributed by atoms with Crippen molar-refractivity contribution in [3.63, 3.8) is 0 Å². The average Bonchev–Trinajstić information content (AvgIpc) is 2.86. The molecule has 0 aliphatic carbocycles. The largest absolute Gasteiger partial charge is 0.480 e. The number of carboxylic acid groups (broad SMARTS) is 1. The zero-order valence-electron chi connectivity index (χ0n) is 11.5. The summed E-state index contributed by atoms with van der Waals surface area (Å²) >= 11 is 1.66. The molecule has 106 valence electrons. The molecule has 1 rings (SSSR count). The number of carboxylic acids is 1. The predicted molar refractivity (Wildman–Crippen MR) is 75.5 cm³/mol. The SMILES string of the molecule is CCN(CC(=O)O)C(=O)N(C)C(C)Cc1cccs1. The standard InChI is InChI=1S/C13H20N2O3S/c1-4-15(9-12(16)17)13(18)14(3)10(2)8-11-6-5-7-19-11/h5-7,10H,4,8-9H2,1-3H3,(H,16,17). The highest BCUT2D eigenvalue weighted by molar-refractivity contribution is 7.09.